The first-order chi connectivity index (χ1) is 10.1. The number of methoxy groups -OCH3 is 1. The number of anilines is 1. The molecule has 0 aromatic heterocycles. The summed E-state index contributed by atoms with van der Waals surface area (Å²) in [4.78, 5) is 10.9. The van der Waals surface area contributed by atoms with Crippen LogP contribution in [0.3, 0.4) is 0 Å². The summed E-state index contributed by atoms with van der Waals surface area (Å²) >= 11 is 0. The van der Waals surface area contributed by atoms with Crippen LogP contribution in [0.25, 0.3) is 0 Å². The van der Waals surface area contributed by atoms with Crippen LogP contribution < -0.4 is 5.32 Å². The lowest BCUT2D eigenvalue weighted by atomic mass is 10.1. The molecule has 2 N–H and O–H groups in total. The van der Waals surface area contributed by atoms with Crippen molar-refractivity contribution in [2.24, 2.45) is 0 Å². The molecular weight excluding hydrogens is 266 g/mol. The summed E-state index contributed by atoms with van der Waals surface area (Å²) in [5.74, 6) is -0.906. The Balaban J connectivity index is 2.06. The van der Waals surface area contributed by atoms with E-state index in [1.807, 2.05) is 25.1 Å². The highest BCUT2D eigenvalue weighted by atomic mass is 16.5. The lowest BCUT2D eigenvalue weighted by Crippen LogP contribution is -2.03. The van der Waals surface area contributed by atoms with E-state index in [4.69, 9.17) is 9.84 Å². The van der Waals surface area contributed by atoms with Gasteiger partial charge in [0.1, 0.15) is 0 Å². The highest BCUT2D eigenvalue weighted by Gasteiger charge is 2.05. The molecule has 0 amide bonds. The molecule has 0 aliphatic heterocycles. The first kappa shape index (κ1) is 15.1. The summed E-state index contributed by atoms with van der Waals surface area (Å²) in [6.07, 6.45) is 0. The number of aromatic carboxylic acids is 1. The van der Waals surface area contributed by atoms with Gasteiger partial charge in [-0.3, -0.25) is 0 Å². The van der Waals surface area contributed by atoms with Gasteiger partial charge in [0.2, 0.25) is 0 Å². The Morgan fingerprint density at radius 1 is 1.19 bits per heavy atom. The Hall–Kier alpha value is -2.33. The molecule has 4 heteroatoms. The fraction of sp³-hybridized carbons (Fsp3) is 0.235. The normalized spacial score (nSPS) is 10.4. The van der Waals surface area contributed by atoms with Crippen molar-refractivity contribution >= 4 is 11.7 Å². The number of nitrogens with one attached hydrogen (secondary N) is 1. The van der Waals surface area contributed by atoms with Crippen LogP contribution in [0.5, 0.6) is 0 Å². The fourth-order valence-electron chi connectivity index (χ4n) is 2.19. The standard InChI is InChI=1S/C17H19NO3/c1-12-8-15(17(19)20)6-7-16(12)18-10-13-4-3-5-14(9-13)11-21-2/h3-9,18H,10-11H2,1-2H3,(H,19,20). The highest BCUT2D eigenvalue weighted by Crippen LogP contribution is 2.18. The third-order valence-corrected chi connectivity index (χ3v) is 3.26. The summed E-state index contributed by atoms with van der Waals surface area (Å²) < 4.78 is 5.12. The van der Waals surface area contributed by atoms with E-state index in [0.717, 1.165) is 22.4 Å². The maximum absolute atomic E-state index is 10.9. The van der Waals surface area contributed by atoms with Gasteiger partial charge in [-0.1, -0.05) is 24.3 Å². The lowest BCUT2D eigenvalue weighted by Gasteiger charge is -2.11. The molecule has 0 saturated carbocycles. The molecule has 110 valence electrons. The van der Waals surface area contributed by atoms with E-state index in [9.17, 15) is 4.79 Å². The van der Waals surface area contributed by atoms with Crippen LogP contribution in [0.1, 0.15) is 27.0 Å². The maximum atomic E-state index is 10.9. The van der Waals surface area contributed by atoms with Crippen molar-refractivity contribution in [1.29, 1.82) is 0 Å². The van der Waals surface area contributed by atoms with Gasteiger partial charge in [0.25, 0.3) is 0 Å². The molecule has 2 aromatic carbocycles. The largest absolute Gasteiger partial charge is 0.478 e. The van der Waals surface area contributed by atoms with Crippen LogP contribution >= 0.6 is 0 Å². The van der Waals surface area contributed by atoms with Crippen molar-refractivity contribution < 1.29 is 14.6 Å². The van der Waals surface area contributed by atoms with E-state index in [-0.39, 0.29) is 0 Å². The Kier molecular flexibility index (Phi) is 4.95. The molecule has 21 heavy (non-hydrogen) atoms. The van der Waals surface area contributed by atoms with Gasteiger partial charge in [0.05, 0.1) is 12.2 Å². The van der Waals surface area contributed by atoms with Crippen LogP contribution in [-0.2, 0) is 17.9 Å². The quantitative estimate of drug-likeness (QED) is 0.853. The summed E-state index contributed by atoms with van der Waals surface area (Å²) in [6.45, 7) is 3.18. The number of hydrogen-bond acceptors (Lipinski definition) is 3. The Bertz CT molecular complexity index is 638. The molecule has 0 unspecified atom stereocenters. The summed E-state index contributed by atoms with van der Waals surface area (Å²) in [5.41, 5.74) is 4.46. The Labute approximate surface area is 124 Å². The SMILES string of the molecule is COCc1cccc(CNc2ccc(C(=O)O)cc2C)c1. The number of benzene rings is 2. The summed E-state index contributed by atoms with van der Waals surface area (Å²) in [5, 5.41) is 12.3. The minimum Gasteiger partial charge on any atom is -0.478 e. The smallest absolute Gasteiger partial charge is 0.335 e. The number of carboxylic acids is 1. The van der Waals surface area contributed by atoms with Crippen LogP contribution in [-0.4, -0.2) is 18.2 Å². The van der Waals surface area contributed by atoms with Crippen molar-refractivity contribution in [3.63, 3.8) is 0 Å². The lowest BCUT2D eigenvalue weighted by molar-refractivity contribution is 0.0697. The van der Waals surface area contributed by atoms with E-state index in [0.29, 0.717) is 18.7 Å². The molecule has 0 atom stereocenters. The van der Waals surface area contributed by atoms with E-state index in [1.54, 1.807) is 25.3 Å². The minimum absolute atomic E-state index is 0.306. The number of aryl methyl sites for hydroxylation is 1. The molecule has 0 spiro atoms. The summed E-state index contributed by atoms with van der Waals surface area (Å²) in [7, 11) is 1.68. The topological polar surface area (TPSA) is 58.6 Å². The van der Waals surface area contributed by atoms with E-state index in [2.05, 4.69) is 11.4 Å². The van der Waals surface area contributed by atoms with Gasteiger partial charge >= 0.3 is 5.97 Å². The van der Waals surface area contributed by atoms with Crippen molar-refractivity contribution in [2.75, 3.05) is 12.4 Å². The highest BCUT2D eigenvalue weighted by molar-refractivity contribution is 5.88. The first-order valence-electron chi connectivity index (χ1n) is 6.74. The Morgan fingerprint density at radius 3 is 2.62 bits per heavy atom. The van der Waals surface area contributed by atoms with Crippen molar-refractivity contribution in [3.8, 4) is 0 Å². The Morgan fingerprint density at radius 2 is 1.95 bits per heavy atom. The van der Waals surface area contributed by atoms with Crippen molar-refractivity contribution in [2.45, 2.75) is 20.1 Å². The third-order valence-electron chi connectivity index (χ3n) is 3.26. The average molecular weight is 285 g/mol. The van der Waals surface area contributed by atoms with Crippen LogP contribution in [0, 0.1) is 6.92 Å². The average Bonchev–Trinajstić information content (AvgIpc) is 2.46. The first-order valence-corrected chi connectivity index (χ1v) is 6.74. The molecule has 0 bridgehead atoms. The zero-order chi connectivity index (χ0) is 15.2. The van der Waals surface area contributed by atoms with E-state index < -0.39 is 5.97 Å². The number of carboxylic acid groups (broad SMARTS) is 1. The van der Waals surface area contributed by atoms with Gasteiger partial charge in [0.15, 0.2) is 0 Å². The molecule has 0 heterocycles. The number of carbonyl (C=O) groups is 1. The van der Waals surface area contributed by atoms with Crippen molar-refractivity contribution in [3.05, 3.63) is 64.7 Å². The van der Waals surface area contributed by atoms with Crippen molar-refractivity contribution in [1.82, 2.24) is 0 Å². The van der Waals surface area contributed by atoms with E-state index >= 15 is 0 Å². The molecular formula is C17H19NO3. The molecule has 4 nitrogen and oxygen atoms in total. The van der Waals surface area contributed by atoms with Gasteiger partial charge in [-0.05, 0) is 41.8 Å². The predicted octanol–water partition coefficient (Wildman–Crippen LogP) is 3.45. The molecule has 0 fully saturated rings. The zero-order valence-electron chi connectivity index (χ0n) is 12.2. The minimum atomic E-state index is -0.906. The molecule has 0 aliphatic rings. The number of rotatable bonds is 6. The van der Waals surface area contributed by atoms with E-state index in [1.165, 1.54) is 0 Å². The van der Waals surface area contributed by atoms with Crippen LogP contribution in [0.2, 0.25) is 0 Å². The molecule has 2 rings (SSSR count). The van der Waals surface area contributed by atoms with Gasteiger partial charge in [-0.2, -0.15) is 0 Å². The molecule has 2 aromatic rings. The monoisotopic (exact) mass is 285 g/mol. The second kappa shape index (κ2) is 6.90. The fourth-order valence-corrected chi connectivity index (χ4v) is 2.19. The molecule has 0 radical (unpaired) electrons. The van der Waals surface area contributed by atoms with Gasteiger partial charge in [0, 0.05) is 19.3 Å². The molecule has 0 aliphatic carbocycles. The molecule has 0 saturated heterocycles. The third kappa shape index (κ3) is 4.07. The zero-order valence-corrected chi connectivity index (χ0v) is 12.2. The predicted molar refractivity (Wildman–Crippen MR) is 82.6 cm³/mol. The second-order valence-electron chi connectivity index (χ2n) is 4.94. The number of ether oxygens (including phenoxy) is 1. The van der Waals surface area contributed by atoms with Gasteiger partial charge in [-0.25, -0.2) is 4.79 Å². The van der Waals surface area contributed by atoms with Crippen LogP contribution in [0.4, 0.5) is 5.69 Å². The number of hydrogen-bond donors (Lipinski definition) is 2. The van der Waals surface area contributed by atoms with Crippen LogP contribution in [0.15, 0.2) is 42.5 Å². The van der Waals surface area contributed by atoms with Gasteiger partial charge in [-0.15, -0.1) is 0 Å². The maximum Gasteiger partial charge on any atom is 0.335 e. The summed E-state index contributed by atoms with van der Waals surface area (Å²) in [6, 6.07) is 13.3. The second-order valence-corrected chi connectivity index (χ2v) is 4.94. The van der Waals surface area contributed by atoms with Gasteiger partial charge < -0.3 is 15.2 Å².